The summed E-state index contributed by atoms with van der Waals surface area (Å²) in [4.78, 5) is 0. The van der Waals surface area contributed by atoms with Crippen LogP contribution in [0, 0.1) is 0 Å². The van der Waals surface area contributed by atoms with Gasteiger partial charge in [-0.1, -0.05) is 60.7 Å². The molecule has 5 atom stereocenters. The first kappa shape index (κ1) is 19.0. The lowest BCUT2D eigenvalue weighted by Gasteiger charge is -2.42. The topological polar surface area (TPSA) is 57.2 Å². The lowest BCUT2D eigenvalue weighted by molar-refractivity contribution is -0.307. The summed E-state index contributed by atoms with van der Waals surface area (Å²) in [5.74, 6) is 0. The van der Waals surface area contributed by atoms with Crippen LogP contribution in [-0.4, -0.2) is 42.9 Å². The number of benzene rings is 2. The molecular weight excluding hydrogens is 332 g/mol. The van der Waals surface area contributed by atoms with E-state index in [4.69, 9.17) is 18.9 Å². The Labute approximate surface area is 154 Å². The molecule has 0 aliphatic carbocycles. The lowest BCUT2D eigenvalue weighted by atomic mass is 9.99. The minimum absolute atomic E-state index is 0.271. The zero-order chi connectivity index (χ0) is 18.4. The van der Waals surface area contributed by atoms with Crippen molar-refractivity contribution in [2.75, 3.05) is 7.11 Å². The first-order valence-electron chi connectivity index (χ1n) is 8.86. The van der Waals surface area contributed by atoms with Crippen LogP contribution in [0.2, 0.25) is 0 Å². The Morgan fingerprint density at radius 3 is 1.92 bits per heavy atom. The standard InChI is InChI=1S/C21H26O5/c1-15-19(24-13-16-9-5-3-6-10-16)20(23-2)18(22)21(26-15)25-14-17-11-7-4-8-12-17/h3-12,15,18-22H,13-14H2,1-2H3/t15-,18+,19-,20-,21+/m0/s1. The average molecular weight is 358 g/mol. The van der Waals surface area contributed by atoms with Crippen molar-refractivity contribution >= 4 is 0 Å². The summed E-state index contributed by atoms with van der Waals surface area (Å²) in [7, 11) is 1.57. The van der Waals surface area contributed by atoms with E-state index in [1.807, 2.05) is 67.6 Å². The quantitative estimate of drug-likeness (QED) is 0.825. The van der Waals surface area contributed by atoms with Crippen LogP contribution in [0.4, 0.5) is 0 Å². The normalized spacial score (nSPS) is 28.8. The first-order valence-corrected chi connectivity index (χ1v) is 8.86. The van der Waals surface area contributed by atoms with Crippen LogP contribution in [0.5, 0.6) is 0 Å². The fraction of sp³-hybridized carbons (Fsp3) is 0.429. The summed E-state index contributed by atoms with van der Waals surface area (Å²) < 4.78 is 23.2. The molecule has 0 spiro atoms. The van der Waals surface area contributed by atoms with Crippen LogP contribution in [0.25, 0.3) is 0 Å². The second kappa shape index (κ2) is 9.26. The Morgan fingerprint density at radius 2 is 1.38 bits per heavy atom. The molecule has 0 saturated carbocycles. The number of ether oxygens (including phenoxy) is 4. The summed E-state index contributed by atoms with van der Waals surface area (Å²) in [6.07, 6.45) is -2.87. The van der Waals surface area contributed by atoms with Crippen molar-refractivity contribution < 1.29 is 24.1 Å². The van der Waals surface area contributed by atoms with Gasteiger partial charge in [-0.05, 0) is 18.1 Å². The van der Waals surface area contributed by atoms with Gasteiger partial charge in [0.1, 0.15) is 18.3 Å². The Kier molecular flexibility index (Phi) is 6.77. The Morgan fingerprint density at radius 1 is 0.846 bits per heavy atom. The van der Waals surface area contributed by atoms with Crippen LogP contribution in [0.1, 0.15) is 18.1 Å². The third-order valence-electron chi connectivity index (χ3n) is 4.57. The molecule has 1 saturated heterocycles. The van der Waals surface area contributed by atoms with Crippen LogP contribution in [-0.2, 0) is 32.2 Å². The summed E-state index contributed by atoms with van der Waals surface area (Å²) in [6.45, 7) is 2.70. The van der Waals surface area contributed by atoms with Gasteiger partial charge in [0.25, 0.3) is 0 Å². The van der Waals surface area contributed by atoms with Crippen molar-refractivity contribution in [2.45, 2.75) is 50.8 Å². The molecule has 2 aromatic carbocycles. The van der Waals surface area contributed by atoms with Gasteiger partial charge in [0.2, 0.25) is 0 Å². The van der Waals surface area contributed by atoms with Crippen molar-refractivity contribution in [3.8, 4) is 0 Å². The molecule has 1 aliphatic rings. The SMILES string of the molecule is CO[C@H]1[C@@H](O)[C@H](OCc2ccccc2)O[C@@H](C)[C@@H]1OCc1ccccc1. The van der Waals surface area contributed by atoms with Crippen LogP contribution < -0.4 is 0 Å². The van der Waals surface area contributed by atoms with Crippen molar-refractivity contribution in [3.05, 3.63) is 71.8 Å². The van der Waals surface area contributed by atoms with Crippen molar-refractivity contribution in [1.82, 2.24) is 0 Å². The van der Waals surface area contributed by atoms with Gasteiger partial charge in [0.05, 0.1) is 19.3 Å². The van der Waals surface area contributed by atoms with E-state index in [1.54, 1.807) is 7.11 Å². The summed E-state index contributed by atoms with van der Waals surface area (Å²) in [6, 6.07) is 19.7. The smallest absolute Gasteiger partial charge is 0.186 e. The first-order chi connectivity index (χ1) is 12.7. The Balaban J connectivity index is 1.60. The van der Waals surface area contributed by atoms with Crippen LogP contribution >= 0.6 is 0 Å². The van der Waals surface area contributed by atoms with E-state index in [9.17, 15) is 5.11 Å². The zero-order valence-electron chi connectivity index (χ0n) is 15.2. The van der Waals surface area contributed by atoms with Crippen molar-refractivity contribution in [3.63, 3.8) is 0 Å². The molecule has 3 rings (SSSR count). The lowest BCUT2D eigenvalue weighted by Crippen LogP contribution is -2.58. The monoisotopic (exact) mass is 358 g/mol. The number of aliphatic hydroxyl groups excluding tert-OH is 1. The maximum Gasteiger partial charge on any atom is 0.186 e. The van der Waals surface area contributed by atoms with Crippen molar-refractivity contribution in [2.24, 2.45) is 0 Å². The molecule has 1 N–H and O–H groups in total. The molecule has 26 heavy (non-hydrogen) atoms. The molecule has 1 fully saturated rings. The third kappa shape index (κ3) is 4.69. The van der Waals surface area contributed by atoms with E-state index >= 15 is 0 Å². The number of hydrogen-bond donors (Lipinski definition) is 1. The van der Waals surface area contributed by atoms with E-state index in [1.165, 1.54) is 0 Å². The van der Waals surface area contributed by atoms with Crippen molar-refractivity contribution in [1.29, 1.82) is 0 Å². The van der Waals surface area contributed by atoms with Crippen LogP contribution in [0.15, 0.2) is 60.7 Å². The maximum atomic E-state index is 10.6. The molecule has 0 radical (unpaired) electrons. The second-order valence-electron chi connectivity index (χ2n) is 6.46. The van der Waals surface area contributed by atoms with Crippen LogP contribution in [0.3, 0.4) is 0 Å². The molecule has 0 aromatic heterocycles. The molecule has 140 valence electrons. The predicted octanol–water partition coefficient (Wildman–Crippen LogP) is 2.91. The second-order valence-corrected chi connectivity index (χ2v) is 6.46. The highest BCUT2D eigenvalue weighted by atomic mass is 16.7. The largest absolute Gasteiger partial charge is 0.385 e. The van der Waals surface area contributed by atoms with Gasteiger partial charge in [-0.15, -0.1) is 0 Å². The van der Waals surface area contributed by atoms with Gasteiger partial charge in [-0.3, -0.25) is 0 Å². The minimum atomic E-state index is -0.930. The fourth-order valence-corrected chi connectivity index (χ4v) is 3.15. The molecule has 0 bridgehead atoms. The molecule has 1 aliphatic heterocycles. The van der Waals surface area contributed by atoms with Gasteiger partial charge in [0.15, 0.2) is 6.29 Å². The van der Waals surface area contributed by atoms with E-state index in [0.717, 1.165) is 11.1 Å². The average Bonchev–Trinajstić information content (AvgIpc) is 2.68. The minimum Gasteiger partial charge on any atom is -0.385 e. The molecule has 0 amide bonds. The molecule has 5 nitrogen and oxygen atoms in total. The molecular formula is C21H26O5. The van der Waals surface area contributed by atoms with Gasteiger partial charge in [-0.2, -0.15) is 0 Å². The van der Waals surface area contributed by atoms with Gasteiger partial charge < -0.3 is 24.1 Å². The van der Waals surface area contributed by atoms with E-state index in [2.05, 4.69) is 0 Å². The number of rotatable bonds is 7. The number of methoxy groups -OCH3 is 1. The van der Waals surface area contributed by atoms with Gasteiger partial charge >= 0.3 is 0 Å². The molecule has 1 heterocycles. The predicted molar refractivity (Wildman–Crippen MR) is 97.4 cm³/mol. The molecule has 2 aromatic rings. The maximum absolute atomic E-state index is 10.6. The Hall–Kier alpha value is -1.76. The Bertz CT molecular complexity index is 648. The highest BCUT2D eigenvalue weighted by molar-refractivity contribution is 5.14. The summed E-state index contributed by atoms with van der Waals surface area (Å²) >= 11 is 0. The number of aliphatic hydroxyl groups is 1. The van der Waals surface area contributed by atoms with Gasteiger partial charge in [-0.25, -0.2) is 0 Å². The highest BCUT2D eigenvalue weighted by Crippen LogP contribution is 2.27. The highest BCUT2D eigenvalue weighted by Gasteiger charge is 2.45. The molecule has 5 heteroatoms. The summed E-state index contributed by atoms with van der Waals surface area (Å²) in [5.41, 5.74) is 2.08. The summed E-state index contributed by atoms with van der Waals surface area (Å²) in [5, 5.41) is 10.6. The fourth-order valence-electron chi connectivity index (χ4n) is 3.15. The van der Waals surface area contributed by atoms with Gasteiger partial charge in [0, 0.05) is 7.11 Å². The van der Waals surface area contributed by atoms with E-state index < -0.39 is 18.5 Å². The zero-order valence-corrected chi connectivity index (χ0v) is 15.2. The third-order valence-corrected chi connectivity index (χ3v) is 4.57. The number of hydrogen-bond acceptors (Lipinski definition) is 5. The van der Waals surface area contributed by atoms with E-state index in [-0.39, 0.29) is 12.2 Å². The molecule has 0 unspecified atom stereocenters. The van der Waals surface area contributed by atoms with E-state index in [0.29, 0.717) is 13.2 Å².